The van der Waals surface area contributed by atoms with Gasteiger partial charge >= 0.3 is 6.09 Å². The normalized spacial score (nSPS) is 19.3. The number of ether oxygens (including phenoxy) is 1. The number of hydrogen-bond donors (Lipinski definition) is 1. The molecule has 1 amide bonds. The predicted octanol–water partition coefficient (Wildman–Crippen LogP) is 6.61. The highest BCUT2D eigenvalue weighted by Crippen LogP contribution is 2.27. The third kappa shape index (κ3) is 7.41. The molecule has 0 bridgehead atoms. The van der Waals surface area contributed by atoms with E-state index >= 15 is 0 Å². The van der Waals surface area contributed by atoms with Crippen molar-refractivity contribution in [2.45, 2.75) is 77.4 Å². The Kier molecular flexibility index (Phi) is 8.99. The number of rotatable bonds is 9. The van der Waals surface area contributed by atoms with Crippen LogP contribution in [0.2, 0.25) is 0 Å². The number of likely N-dealkylation sites (tertiary alicyclic amines) is 2. The van der Waals surface area contributed by atoms with Crippen molar-refractivity contribution in [3.8, 4) is 0 Å². The van der Waals surface area contributed by atoms with Gasteiger partial charge in [-0.1, -0.05) is 30.3 Å². The highest BCUT2D eigenvalue weighted by molar-refractivity contribution is 6.06. The van der Waals surface area contributed by atoms with Gasteiger partial charge in [-0.05, 0) is 88.9 Å². The van der Waals surface area contributed by atoms with Crippen LogP contribution in [0.1, 0.15) is 86.0 Å². The zero-order valence-corrected chi connectivity index (χ0v) is 26.6. The molecule has 2 aliphatic heterocycles. The number of pyridine rings is 1. The van der Waals surface area contributed by atoms with Gasteiger partial charge in [-0.3, -0.25) is 14.6 Å². The standard InChI is InChI=1S/C36H43N5O4/c1-36(2,3)45-35(44)41-18-8-12-27(41)23-40-17-7-9-24(22-40)15-16-31(42)28-13-6-14-29-34(28)39-33(38-29)20-32(43)30-19-25-10-4-5-11-26(25)21-37-30/h4-6,10-11,13-14,19,21,24,27H,7-9,12,15-18,20,22-23H2,1-3H3,(H,38,39)/t24?,27-/m1/s1. The second-order valence-corrected chi connectivity index (χ2v) is 13.6. The SMILES string of the molecule is CC(C)(C)OC(=O)N1CCC[C@@H]1CN1CCCC(CCC(=O)c2cccc3[nH]c(CC(=O)c4cc5ccccc5cn4)nc23)C1. The summed E-state index contributed by atoms with van der Waals surface area (Å²) in [7, 11) is 0. The lowest BCUT2D eigenvalue weighted by molar-refractivity contribution is 0.0180. The first-order valence-electron chi connectivity index (χ1n) is 16.2. The van der Waals surface area contributed by atoms with Crippen molar-refractivity contribution in [1.82, 2.24) is 24.8 Å². The summed E-state index contributed by atoms with van der Waals surface area (Å²) in [6.45, 7) is 9.28. The second-order valence-electron chi connectivity index (χ2n) is 13.6. The van der Waals surface area contributed by atoms with Crippen molar-refractivity contribution in [2.24, 2.45) is 5.92 Å². The largest absolute Gasteiger partial charge is 0.444 e. The van der Waals surface area contributed by atoms with E-state index in [0.717, 1.165) is 74.6 Å². The van der Waals surface area contributed by atoms with Gasteiger partial charge in [-0.15, -0.1) is 0 Å². The van der Waals surface area contributed by atoms with Crippen LogP contribution in [0.5, 0.6) is 0 Å². The van der Waals surface area contributed by atoms with Crippen LogP contribution in [-0.2, 0) is 11.2 Å². The zero-order valence-electron chi connectivity index (χ0n) is 26.6. The van der Waals surface area contributed by atoms with E-state index in [1.807, 2.05) is 74.2 Å². The number of hydrogen-bond acceptors (Lipinski definition) is 7. The Morgan fingerprint density at radius 2 is 1.78 bits per heavy atom. The van der Waals surface area contributed by atoms with Crippen LogP contribution in [0.25, 0.3) is 21.8 Å². The molecule has 0 saturated carbocycles. The number of ketones is 2. The number of fused-ring (bicyclic) bond motifs is 2. The molecule has 2 saturated heterocycles. The van der Waals surface area contributed by atoms with Gasteiger partial charge < -0.3 is 19.5 Å². The molecule has 0 aliphatic carbocycles. The summed E-state index contributed by atoms with van der Waals surface area (Å²) < 4.78 is 5.66. The van der Waals surface area contributed by atoms with Crippen LogP contribution in [0.15, 0.2) is 54.7 Å². The molecular weight excluding hydrogens is 566 g/mol. The number of H-pyrrole nitrogens is 1. The Bertz CT molecular complexity index is 1710. The Hall–Kier alpha value is -4.11. The lowest BCUT2D eigenvalue weighted by Crippen LogP contribution is -2.47. The summed E-state index contributed by atoms with van der Waals surface area (Å²) in [6, 6.07) is 15.4. The van der Waals surface area contributed by atoms with Crippen molar-refractivity contribution in [3.63, 3.8) is 0 Å². The molecule has 9 nitrogen and oxygen atoms in total. The van der Waals surface area contributed by atoms with Gasteiger partial charge in [-0.2, -0.15) is 0 Å². The maximum Gasteiger partial charge on any atom is 0.410 e. The van der Waals surface area contributed by atoms with E-state index in [2.05, 4.69) is 14.9 Å². The Balaban J connectivity index is 1.05. The molecule has 2 aromatic carbocycles. The summed E-state index contributed by atoms with van der Waals surface area (Å²) in [5, 5.41) is 1.95. The molecule has 0 spiro atoms. The number of benzene rings is 2. The van der Waals surface area contributed by atoms with Crippen molar-refractivity contribution >= 4 is 39.5 Å². The number of para-hydroxylation sites is 1. The number of carbonyl (C=O) groups is 3. The maximum absolute atomic E-state index is 13.5. The number of aromatic amines is 1. The summed E-state index contributed by atoms with van der Waals surface area (Å²) in [6.07, 6.45) is 7.05. The molecule has 4 aromatic rings. The minimum atomic E-state index is -0.498. The first-order valence-corrected chi connectivity index (χ1v) is 16.2. The van der Waals surface area contributed by atoms with E-state index in [-0.39, 0.29) is 30.1 Å². The van der Waals surface area contributed by atoms with Crippen LogP contribution < -0.4 is 0 Å². The first-order chi connectivity index (χ1) is 21.6. The summed E-state index contributed by atoms with van der Waals surface area (Å²) in [5.74, 6) is 0.909. The topological polar surface area (TPSA) is 108 Å². The second kappa shape index (κ2) is 13.1. The van der Waals surface area contributed by atoms with Crippen molar-refractivity contribution in [2.75, 3.05) is 26.2 Å². The molecule has 45 heavy (non-hydrogen) atoms. The van der Waals surface area contributed by atoms with Gasteiger partial charge in [-0.25, -0.2) is 9.78 Å². The van der Waals surface area contributed by atoms with Crippen LogP contribution in [-0.4, -0.2) is 80.2 Å². The summed E-state index contributed by atoms with van der Waals surface area (Å²) >= 11 is 0. The molecule has 2 atom stereocenters. The van der Waals surface area contributed by atoms with Crippen molar-refractivity contribution < 1.29 is 19.1 Å². The summed E-state index contributed by atoms with van der Waals surface area (Å²) in [5.41, 5.74) is 1.87. The lowest BCUT2D eigenvalue weighted by atomic mass is 9.91. The van der Waals surface area contributed by atoms with E-state index < -0.39 is 5.60 Å². The fourth-order valence-electron chi connectivity index (χ4n) is 6.78. The minimum Gasteiger partial charge on any atom is -0.444 e. The molecule has 1 unspecified atom stereocenters. The fraction of sp³-hybridized carbons (Fsp3) is 0.472. The van der Waals surface area contributed by atoms with E-state index in [1.54, 1.807) is 6.20 Å². The van der Waals surface area contributed by atoms with E-state index in [9.17, 15) is 14.4 Å². The molecule has 2 aliphatic rings. The number of nitrogens with zero attached hydrogens (tertiary/aromatic N) is 4. The fourth-order valence-corrected chi connectivity index (χ4v) is 6.78. The average molecular weight is 610 g/mol. The summed E-state index contributed by atoms with van der Waals surface area (Å²) in [4.78, 5) is 56.0. The maximum atomic E-state index is 13.5. The van der Waals surface area contributed by atoms with Crippen molar-refractivity contribution in [1.29, 1.82) is 0 Å². The number of carbonyl (C=O) groups excluding carboxylic acids is 3. The highest BCUT2D eigenvalue weighted by Gasteiger charge is 2.34. The number of nitrogens with one attached hydrogen (secondary N) is 1. The molecule has 2 fully saturated rings. The monoisotopic (exact) mass is 609 g/mol. The number of Topliss-reactive ketones (excluding diaryl/α,β-unsaturated/α-hetero) is 2. The molecule has 2 aromatic heterocycles. The highest BCUT2D eigenvalue weighted by atomic mass is 16.6. The van der Waals surface area contributed by atoms with Crippen LogP contribution >= 0.6 is 0 Å². The molecule has 236 valence electrons. The van der Waals surface area contributed by atoms with E-state index in [4.69, 9.17) is 9.72 Å². The van der Waals surface area contributed by atoms with Crippen LogP contribution in [0.4, 0.5) is 4.79 Å². The Morgan fingerprint density at radius 1 is 0.978 bits per heavy atom. The number of amides is 1. The van der Waals surface area contributed by atoms with Gasteiger partial charge in [0.05, 0.1) is 17.5 Å². The van der Waals surface area contributed by atoms with Gasteiger partial charge in [0.2, 0.25) is 0 Å². The van der Waals surface area contributed by atoms with Gasteiger partial charge in [0, 0.05) is 49.2 Å². The van der Waals surface area contributed by atoms with Gasteiger partial charge in [0.15, 0.2) is 11.6 Å². The smallest absolute Gasteiger partial charge is 0.410 e. The van der Waals surface area contributed by atoms with E-state index in [0.29, 0.717) is 34.9 Å². The quantitative estimate of drug-likeness (QED) is 0.213. The first kappa shape index (κ1) is 30.9. The number of piperidine rings is 1. The third-order valence-corrected chi connectivity index (χ3v) is 8.96. The van der Waals surface area contributed by atoms with Crippen LogP contribution in [0, 0.1) is 5.92 Å². The Morgan fingerprint density at radius 3 is 2.60 bits per heavy atom. The Labute approximate surface area is 264 Å². The van der Waals surface area contributed by atoms with Crippen LogP contribution in [0.3, 0.4) is 0 Å². The number of imidazole rings is 1. The third-order valence-electron chi connectivity index (χ3n) is 8.96. The van der Waals surface area contributed by atoms with Gasteiger partial charge in [0.1, 0.15) is 17.1 Å². The zero-order chi connectivity index (χ0) is 31.6. The minimum absolute atomic E-state index is 0.0742. The number of aromatic nitrogens is 3. The van der Waals surface area contributed by atoms with Crippen molar-refractivity contribution in [3.05, 3.63) is 71.8 Å². The molecular formula is C36H43N5O4. The van der Waals surface area contributed by atoms with Gasteiger partial charge in [0.25, 0.3) is 0 Å². The molecule has 1 N–H and O–H groups in total. The lowest BCUT2D eigenvalue weighted by Gasteiger charge is -2.36. The molecule has 4 heterocycles. The average Bonchev–Trinajstić information content (AvgIpc) is 3.65. The predicted molar refractivity (Wildman–Crippen MR) is 175 cm³/mol. The molecule has 6 rings (SSSR count). The molecule has 9 heteroatoms. The molecule has 0 radical (unpaired) electrons. The van der Waals surface area contributed by atoms with E-state index in [1.165, 1.54) is 0 Å².